The van der Waals surface area contributed by atoms with Crippen LogP contribution < -0.4 is 14.2 Å². The van der Waals surface area contributed by atoms with Gasteiger partial charge >= 0.3 is 0 Å². The molecule has 0 saturated carbocycles. The van der Waals surface area contributed by atoms with Crippen LogP contribution in [0.2, 0.25) is 0 Å². The molecule has 0 radical (unpaired) electrons. The molecular formula is C42H60O3S3. The summed E-state index contributed by atoms with van der Waals surface area (Å²) in [4.78, 5) is 0. The SMILES string of the molecule is CCOc1c2cc(C(C)(C)C)cc1CSCc1cc(C(C)(C)C)cc(c1OCC)CSCc1cc(C(C)(C)C)cc(c1OCC)CSC2. The molecule has 0 fully saturated rings. The monoisotopic (exact) mass is 708 g/mol. The molecule has 0 saturated heterocycles. The topological polar surface area (TPSA) is 27.7 Å². The van der Waals surface area contributed by atoms with Crippen LogP contribution in [0.25, 0.3) is 0 Å². The quantitative estimate of drug-likeness (QED) is 0.253. The van der Waals surface area contributed by atoms with Crippen LogP contribution in [0.3, 0.4) is 0 Å². The van der Waals surface area contributed by atoms with Crippen LogP contribution in [0, 0.1) is 0 Å². The summed E-state index contributed by atoms with van der Waals surface area (Å²) in [7, 11) is 0. The second-order valence-electron chi connectivity index (χ2n) is 15.9. The van der Waals surface area contributed by atoms with Gasteiger partial charge in [0.25, 0.3) is 0 Å². The number of hydrogen-bond donors (Lipinski definition) is 0. The zero-order valence-electron chi connectivity index (χ0n) is 31.8. The first kappa shape index (κ1) is 38.9. The van der Waals surface area contributed by atoms with Gasteiger partial charge in [0, 0.05) is 67.9 Å². The molecule has 264 valence electrons. The molecule has 3 aromatic rings. The molecule has 0 aliphatic carbocycles. The Bertz CT molecular complexity index is 1280. The highest BCUT2D eigenvalue weighted by atomic mass is 32.2. The molecule has 0 amide bonds. The van der Waals surface area contributed by atoms with E-state index in [1.54, 1.807) is 0 Å². The molecule has 6 bridgehead atoms. The summed E-state index contributed by atoms with van der Waals surface area (Å²) in [6.45, 7) is 29.1. The predicted molar refractivity (Wildman–Crippen MR) is 214 cm³/mol. The number of hydrogen-bond acceptors (Lipinski definition) is 6. The third-order valence-electron chi connectivity index (χ3n) is 8.74. The third kappa shape index (κ3) is 9.88. The van der Waals surface area contributed by atoms with Crippen molar-refractivity contribution in [1.29, 1.82) is 0 Å². The normalized spacial score (nSPS) is 15.0. The zero-order chi connectivity index (χ0) is 35.3. The number of ether oxygens (including phenoxy) is 3. The van der Waals surface area contributed by atoms with E-state index < -0.39 is 0 Å². The van der Waals surface area contributed by atoms with Crippen LogP contribution in [0.5, 0.6) is 17.2 Å². The molecule has 0 N–H and O–H groups in total. The van der Waals surface area contributed by atoms with Gasteiger partial charge in [0.05, 0.1) is 19.8 Å². The van der Waals surface area contributed by atoms with E-state index in [2.05, 4.69) is 119 Å². The van der Waals surface area contributed by atoms with Crippen molar-refractivity contribution in [3.63, 3.8) is 0 Å². The van der Waals surface area contributed by atoms with Crippen LogP contribution in [0.15, 0.2) is 36.4 Å². The van der Waals surface area contributed by atoms with Gasteiger partial charge in [-0.25, -0.2) is 0 Å². The molecule has 1 heterocycles. The van der Waals surface area contributed by atoms with Crippen molar-refractivity contribution in [2.24, 2.45) is 0 Å². The van der Waals surface area contributed by atoms with E-state index in [0.29, 0.717) is 19.8 Å². The molecule has 0 atom stereocenters. The largest absolute Gasteiger partial charge is 0.493 e. The Kier molecular flexibility index (Phi) is 13.3. The lowest BCUT2D eigenvalue weighted by Crippen LogP contribution is -2.14. The van der Waals surface area contributed by atoms with Crippen LogP contribution >= 0.6 is 35.3 Å². The van der Waals surface area contributed by atoms with Crippen molar-refractivity contribution in [1.82, 2.24) is 0 Å². The lowest BCUT2D eigenvalue weighted by atomic mass is 9.85. The molecular weight excluding hydrogens is 649 g/mol. The number of thioether (sulfide) groups is 3. The molecule has 4 rings (SSSR count). The summed E-state index contributed by atoms with van der Waals surface area (Å²) < 4.78 is 19.4. The predicted octanol–water partition coefficient (Wildman–Crippen LogP) is 12.4. The van der Waals surface area contributed by atoms with Crippen LogP contribution in [-0.2, 0) is 50.8 Å². The maximum Gasteiger partial charge on any atom is 0.127 e. The smallest absolute Gasteiger partial charge is 0.127 e. The van der Waals surface area contributed by atoms with E-state index in [0.717, 1.165) is 51.8 Å². The minimum atomic E-state index is 0.0361. The number of fused-ring (bicyclic) bond motifs is 6. The van der Waals surface area contributed by atoms with Gasteiger partial charge in [-0.15, -0.1) is 0 Å². The van der Waals surface area contributed by atoms with Gasteiger partial charge in [0.1, 0.15) is 17.2 Å². The van der Waals surface area contributed by atoms with Gasteiger partial charge in [0.15, 0.2) is 0 Å². The first-order chi connectivity index (χ1) is 22.6. The van der Waals surface area contributed by atoms with Gasteiger partial charge in [-0.1, -0.05) is 98.7 Å². The minimum absolute atomic E-state index is 0.0361. The highest BCUT2D eigenvalue weighted by Gasteiger charge is 2.24. The third-order valence-corrected chi connectivity index (χ3v) is 11.8. The summed E-state index contributed by atoms with van der Waals surface area (Å²) in [5.74, 6) is 8.50. The molecule has 0 unspecified atom stereocenters. The van der Waals surface area contributed by atoms with Gasteiger partial charge in [-0.3, -0.25) is 0 Å². The van der Waals surface area contributed by atoms with Crippen molar-refractivity contribution >= 4 is 35.3 Å². The Balaban J connectivity index is 1.93. The summed E-state index contributed by atoms with van der Waals surface area (Å²) in [6.07, 6.45) is 0. The average molecular weight is 709 g/mol. The highest BCUT2D eigenvalue weighted by Crippen LogP contribution is 2.42. The summed E-state index contributed by atoms with van der Waals surface area (Å²) in [5.41, 5.74) is 11.9. The lowest BCUT2D eigenvalue weighted by molar-refractivity contribution is 0.334. The number of rotatable bonds is 6. The standard InChI is InChI=1S/C42H60O3S3/c1-13-43-37-28-16-34(40(4,5)6)17-29(37)23-47-25-31-19-36(42(10,11)12)21-33(39(31)45-15-3)27-48-26-32-20-35(41(7,8)9)18-30(24-46-22-28)38(32)44-14-2/h16-21H,13-15,22-27H2,1-12H3. The Labute approximate surface area is 305 Å². The van der Waals surface area contributed by atoms with Crippen molar-refractivity contribution in [3.8, 4) is 17.2 Å². The number of benzene rings is 3. The van der Waals surface area contributed by atoms with Crippen molar-refractivity contribution < 1.29 is 14.2 Å². The molecule has 1 aliphatic heterocycles. The Hall–Kier alpha value is -1.89. The maximum absolute atomic E-state index is 6.48. The van der Waals surface area contributed by atoms with Gasteiger partial charge in [-0.2, -0.15) is 35.3 Å². The van der Waals surface area contributed by atoms with Crippen molar-refractivity contribution in [2.75, 3.05) is 19.8 Å². The van der Waals surface area contributed by atoms with Crippen molar-refractivity contribution in [3.05, 3.63) is 86.5 Å². The fourth-order valence-corrected chi connectivity index (χ4v) is 8.92. The minimum Gasteiger partial charge on any atom is -0.493 e. The molecule has 48 heavy (non-hydrogen) atoms. The van der Waals surface area contributed by atoms with E-state index in [-0.39, 0.29) is 16.2 Å². The molecule has 6 heteroatoms. The van der Waals surface area contributed by atoms with Crippen LogP contribution in [0.1, 0.15) is 133 Å². The van der Waals surface area contributed by atoms with Gasteiger partial charge in [0.2, 0.25) is 0 Å². The summed E-state index contributed by atoms with van der Waals surface area (Å²) in [5, 5.41) is 0. The van der Waals surface area contributed by atoms with Crippen LogP contribution in [0.4, 0.5) is 0 Å². The molecule has 0 spiro atoms. The molecule has 0 aromatic heterocycles. The Morgan fingerprint density at radius 3 is 0.729 bits per heavy atom. The average Bonchev–Trinajstić information content (AvgIpc) is 2.98. The first-order valence-electron chi connectivity index (χ1n) is 17.7. The second-order valence-corrected chi connectivity index (χ2v) is 18.9. The maximum atomic E-state index is 6.48. The Morgan fingerprint density at radius 1 is 0.396 bits per heavy atom. The Morgan fingerprint density at radius 2 is 0.583 bits per heavy atom. The first-order valence-corrected chi connectivity index (χ1v) is 21.1. The van der Waals surface area contributed by atoms with E-state index in [1.807, 2.05) is 35.3 Å². The van der Waals surface area contributed by atoms with Gasteiger partial charge < -0.3 is 14.2 Å². The highest BCUT2D eigenvalue weighted by molar-refractivity contribution is 7.98. The zero-order valence-corrected chi connectivity index (χ0v) is 34.2. The second kappa shape index (κ2) is 16.4. The van der Waals surface area contributed by atoms with E-state index in [4.69, 9.17) is 14.2 Å². The molecule has 3 aromatic carbocycles. The van der Waals surface area contributed by atoms with E-state index >= 15 is 0 Å². The van der Waals surface area contributed by atoms with Crippen molar-refractivity contribution in [2.45, 2.75) is 134 Å². The fourth-order valence-electron chi connectivity index (χ4n) is 6.01. The van der Waals surface area contributed by atoms with E-state index in [1.165, 1.54) is 50.1 Å². The molecule has 1 aliphatic rings. The summed E-state index contributed by atoms with van der Waals surface area (Å²) in [6, 6.07) is 14.4. The van der Waals surface area contributed by atoms with E-state index in [9.17, 15) is 0 Å². The lowest BCUT2D eigenvalue weighted by Gasteiger charge is -2.26. The van der Waals surface area contributed by atoms with Gasteiger partial charge in [-0.05, 0) is 53.7 Å². The fraction of sp³-hybridized carbons (Fsp3) is 0.571. The van der Waals surface area contributed by atoms with Crippen LogP contribution in [-0.4, -0.2) is 19.8 Å². The molecule has 3 nitrogen and oxygen atoms in total. The summed E-state index contributed by atoms with van der Waals surface area (Å²) >= 11 is 5.90.